The smallest absolute Gasteiger partial charge is 0.328 e. The molecule has 26 heavy (non-hydrogen) atoms. The predicted molar refractivity (Wildman–Crippen MR) is 94.5 cm³/mol. The van der Waals surface area contributed by atoms with Crippen molar-refractivity contribution in [3.63, 3.8) is 0 Å². The summed E-state index contributed by atoms with van der Waals surface area (Å²) in [6.45, 7) is 0.153. The van der Waals surface area contributed by atoms with Crippen LogP contribution in [-0.2, 0) is 32.1 Å². The van der Waals surface area contributed by atoms with Crippen molar-refractivity contribution in [1.29, 1.82) is 0 Å². The molecule has 0 radical (unpaired) electrons. The lowest BCUT2D eigenvalue weighted by atomic mass is 10.1. The molecule has 0 aliphatic heterocycles. The molecule has 0 fully saturated rings. The third-order valence-electron chi connectivity index (χ3n) is 3.63. The zero-order chi connectivity index (χ0) is 18.8. The molecule has 2 aromatic rings. The van der Waals surface area contributed by atoms with E-state index in [4.69, 9.17) is 14.2 Å². The molecule has 0 aliphatic carbocycles. The van der Waals surface area contributed by atoms with E-state index < -0.39 is 17.9 Å². The molecule has 138 valence electrons. The second kappa shape index (κ2) is 10.1. The number of benzene rings is 1. The average Bonchev–Trinajstić information content (AvgIpc) is 2.68. The summed E-state index contributed by atoms with van der Waals surface area (Å²) in [5.74, 6) is -0.553. The van der Waals surface area contributed by atoms with Crippen molar-refractivity contribution >= 4 is 11.9 Å². The van der Waals surface area contributed by atoms with E-state index in [1.165, 1.54) is 14.2 Å². The van der Waals surface area contributed by atoms with Gasteiger partial charge in [-0.2, -0.15) is 0 Å². The Hall–Kier alpha value is -2.93. The fourth-order valence-corrected chi connectivity index (χ4v) is 2.39. The van der Waals surface area contributed by atoms with Crippen LogP contribution >= 0.6 is 0 Å². The minimum absolute atomic E-state index is 0.160. The molecule has 1 amide bonds. The molecular weight excluding hydrogens is 336 g/mol. The van der Waals surface area contributed by atoms with E-state index in [9.17, 15) is 9.59 Å². The molecule has 1 aromatic heterocycles. The second-order valence-electron chi connectivity index (χ2n) is 5.50. The first-order chi connectivity index (χ1) is 12.6. The van der Waals surface area contributed by atoms with E-state index in [0.29, 0.717) is 18.1 Å². The Morgan fingerprint density at radius 1 is 1.12 bits per heavy atom. The van der Waals surface area contributed by atoms with Gasteiger partial charge in [0.15, 0.2) is 0 Å². The Morgan fingerprint density at radius 2 is 1.88 bits per heavy atom. The summed E-state index contributed by atoms with van der Waals surface area (Å²) < 4.78 is 15.3. The number of hydrogen-bond acceptors (Lipinski definition) is 6. The number of carbonyl (C=O) groups excluding carboxylic acids is 2. The summed E-state index contributed by atoms with van der Waals surface area (Å²) in [7, 11) is 2.77. The van der Waals surface area contributed by atoms with Gasteiger partial charge in [0.05, 0.1) is 20.8 Å². The molecule has 7 nitrogen and oxygen atoms in total. The monoisotopic (exact) mass is 358 g/mol. The molecule has 1 N–H and O–H groups in total. The number of methoxy groups -OCH3 is 2. The van der Waals surface area contributed by atoms with Crippen LogP contribution in [0.2, 0.25) is 0 Å². The maximum atomic E-state index is 12.1. The highest BCUT2D eigenvalue weighted by Gasteiger charge is 2.23. The summed E-state index contributed by atoms with van der Waals surface area (Å²) in [4.78, 5) is 28.2. The lowest BCUT2D eigenvalue weighted by molar-refractivity contribution is -0.145. The normalized spacial score (nSPS) is 11.5. The molecule has 1 heterocycles. The second-order valence-corrected chi connectivity index (χ2v) is 5.50. The summed E-state index contributed by atoms with van der Waals surface area (Å²) in [6, 6.07) is 12.2. The Kier molecular flexibility index (Phi) is 7.57. The van der Waals surface area contributed by atoms with Crippen molar-refractivity contribution in [2.45, 2.75) is 19.1 Å². The number of aromatic nitrogens is 1. The molecule has 0 aliphatic rings. The fourth-order valence-electron chi connectivity index (χ4n) is 2.39. The molecule has 0 saturated heterocycles. The van der Waals surface area contributed by atoms with Gasteiger partial charge in [-0.05, 0) is 11.6 Å². The van der Waals surface area contributed by atoms with Crippen LogP contribution in [0.5, 0.6) is 5.88 Å². The number of esters is 1. The van der Waals surface area contributed by atoms with Crippen LogP contribution in [0.15, 0.2) is 48.7 Å². The maximum Gasteiger partial charge on any atom is 0.328 e. The van der Waals surface area contributed by atoms with Crippen LogP contribution in [0.4, 0.5) is 0 Å². The van der Waals surface area contributed by atoms with Gasteiger partial charge in [-0.15, -0.1) is 0 Å². The molecule has 1 atom stereocenters. The van der Waals surface area contributed by atoms with Gasteiger partial charge < -0.3 is 19.5 Å². The first kappa shape index (κ1) is 19.4. The van der Waals surface area contributed by atoms with Crippen molar-refractivity contribution < 1.29 is 23.8 Å². The van der Waals surface area contributed by atoms with Gasteiger partial charge in [0.1, 0.15) is 12.6 Å². The van der Waals surface area contributed by atoms with Gasteiger partial charge in [0.2, 0.25) is 11.8 Å². The van der Waals surface area contributed by atoms with Crippen molar-refractivity contribution in [2.75, 3.05) is 20.8 Å². The molecule has 0 spiro atoms. The third kappa shape index (κ3) is 5.86. The number of nitrogens with one attached hydrogen (secondary N) is 1. The van der Waals surface area contributed by atoms with Crippen LogP contribution in [0.1, 0.15) is 11.1 Å². The zero-order valence-corrected chi connectivity index (χ0v) is 14.8. The number of nitrogens with zero attached hydrogens (tertiary/aromatic N) is 1. The summed E-state index contributed by atoms with van der Waals surface area (Å²) in [6.07, 6.45) is 1.79. The molecule has 7 heteroatoms. The summed E-state index contributed by atoms with van der Waals surface area (Å²) in [5, 5.41) is 2.63. The highest BCUT2D eigenvalue weighted by atomic mass is 16.5. The van der Waals surface area contributed by atoms with Gasteiger partial charge >= 0.3 is 5.97 Å². The fraction of sp³-hybridized carbons (Fsp3) is 0.316. The van der Waals surface area contributed by atoms with Gasteiger partial charge in [0, 0.05) is 18.2 Å². The van der Waals surface area contributed by atoms with E-state index in [-0.39, 0.29) is 13.0 Å². The lowest BCUT2D eigenvalue weighted by Crippen LogP contribution is -2.44. The minimum atomic E-state index is -0.856. The quantitative estimate of drug-likeness (QED) is 0.684. The van der Waals surface area contributed by atoms with Gasteiger partial charge in [-0.1, -0.05) is 36.4 Å². The molecule has 0 bridgehead atoms. The average molecular weight is 358 g/mol. The van der Waals surface area contributed by atoms with Crippen molar-refractivity contribution in [3.05, 3.63) is 59.8 Å². The van der Waals surface area contributed by atoms with E-state index >= 15 is 0 Å². The van der Waals surface area contributed by atoms with E-state index in [2.05, 4.69) is 10.3 Å². The van der Waals surface area contributed by atoms with E-state index in [1.54, 1.807) is 18.3 Å². The Bertz CT molecular complexity index is 721. The molecule has 0 saturated carbocycles. The lowest BCUT2D eigenvalue weighted by Gasteiger charge is -2.17. The van der Waals surface area contributed by atoms with Crippen LogP contribution in [0.25, 0.3) is 0 Å². The van der Waals surface area contributed by atoms with Crippen LogP contribution < -0.4 is 10.1 Å². The number of hydrogen-bond donors (Lipinski definition) is 1. The number of carbonyl (C=O) groups is 2. The molecule has 2 rings (SSSR count). The number of pyridine rings is 1. The number of amides is 1. The Morgan fingerprint density at radius 3 is 2.58 bits per heavy atom. The van der Waals surface area contributed by atoms with Crippen LogP contribution in [-0.4, -0.2) is 43.7 Å². The van der Waals surface area contributed by atoms with Gasteiger partial charge in [0.25, 0.3) is 0 Å². The topological polar surface area (TPSA) is 86.8 Å². The van der Waals surface area contributed by atoms with Crippen molar-refractivity contribution in [1.82, 2.24) is 10.3 Å². The van der Waals surface area contributed by atoms with Crippen molar-refractivity contribution in [2.24, 2.45) is 0 Å². The first-order valence-corrected chi connectivity index (χ1v) is 8.10. The highest BCUT2D eigenvalue weighted by molar-refractivity contribution is 5.85. The molecule has 0 unspecified atom stereocenters. The summed E-state index contributed by atoms with van der Waals surface area (Å²) >= 11 is 0. The molecular formula is C19H22N2O5. The largest absolute Gasteiger partial charge is 0.481 e. The minimum Gasteiger partial charge on any atom is -0.481 e. The summed E-state index contributed by atoms with van der Waals surface area (Å²) in [5.41, 5.74) is 1.65. The first-order valence-electron chi connectivity index (χ1n) is 8.10. The number of ether oxygens (including phenoxy) is 3. The Labute approximate surface area is 152 Å². The van der Waals surface area contributed by atoms with Crippen molar-refractivity contribution in [3.8, 4) is 5.88 Å². The van der Waals surface area contributed by atoms with Crippen LogP contribution in [0, 0.1) is 0 Å². The third-order valence-corrected chi connectivity index (χ3v) is 3.63. The zero-order valence-electron chi connectivity index (χ0n) is 14.8. The van der Waals surface area contributed by atoms with Gasteiger partial charge in [-0.3, -0.25) is 4.79 Å². The highest BCUT2D eigenvalue weighted by Crippen LogP contribution is 2.16. The standard InChI is InChI=1S/C19H22N2O5/c1-24-18-15(9-6-10-20-18)11-16(19(23)25-2)21-17(22)13-26-12-14-7-4-3-5-8-14/h3-10,16H,11-13H2,1-2H3,(H,21,22)/t16-/m1/s1. The predicted octanol–water partition coefficient (Wildman–Crippen LogP) is 1.51. The van der Waals surface area contributed by atoms with Crippen LogP contribution in [0.3, 0.4) is 0 Å². The Balaban J connectivity index is 1.92. The SMILES string of the molecule is COC(=O)[C@@H](Cc1cccnc1OC)NC(=O)COCc1ccccc1. The van der Waals surface area contributed by atoms with E-state index in [0.717, 1.165) is 5.56 Å². The maximum absolute atomic E-state index is 12.1. The number of rotatable bonds is 9. The van der Waals surface area contributed by atoms with E-state index in [1.807, 2.05) is 30.3 Å². The molecule has 1 aromatic carbocycles. The van der Waals surface area contributed by atoms with Gasteiger partial charge in [-0.25, -0.2) is 9.78 Å².